The third-order valence-corrected chi connectivity index (χ3v) is 8.51. The number of carbonyl (C=O) groups excluding carboxylic acids is 1. The van der Waals surface area contributed by atoms with Crippen LogP contribution in [0.25, 0.3) is 0 Å². The Hall–Kier alpha value is -0.920. The largest absolute Gasteiger partial charge is 0.335 e. The predicted molar refractivity (Wildman–Crippen MR) is 95.5 cm³/mol. The number of carbonyl (C=O) groups is 1. The lowest BCUT2D eigenvalue weighted by molar-refractivity contribution is 0.0592. The highest BCUT2D eigenvalue weighted by molar-refractivity contribution is 7.91. The summed E-state index contributed by atoms with van der Waals surface area (Å²) in [6.07, 6.45) is 5.46. The minimum absolute atomic E-state index is 0.154. The van der Waals surface area contributed by atoms with Gasteiger partial charge < -0.3 is 4.90 Å². The molecule has 24 heavy (non-hydrogen) atoms. The Labute approximate surface area is 147 Å². The average Bonchev–Trinajstić information content (AvgIpc) is 3.17. The first-order valence-electron chi connectivity index (χ1n) is 8.87. The van der Waals surface area contributed by atoms with Crippen LogP contribution in [0.15, 0.2) is 6.07 Å². The van der Waals surface area contributed by atoms with E-state index in [0.717, 1.165) is 37.2 Å². The van der Waals surface area contributed by atoms with E-state index in [2.05, 4.69) is 11.0 Å². The van der Waals surface area contributed by atoms with Crippen LogP contribution in [0.3, 0.4) is 0 Å². The summed E-state index contributed by atoms with van der Waals surface area (Å²) in [7, 11) is -2.84. The number of rotatable bonds is 2. The quantitative estimate of drug-likeness (QED) is 0.795. The van der Waals surface area contributed by atoms with Crippen LogP contribution < -0.4 is 0 Å². The molecule has 1 amide bonds. The molecule has 1 aromatic heterocycles. The Bertz CT molecular complexity index is 710. The van der Waals surface area contributed by atoms with Crippen LogP contribution in [0.5, 0.6) is 0 Å². The van der Waals surface area contributed by atoms with Crippen LogP contribution in [0.1, 0.15) is 39.4 Å². The van der Waals surface area contributed by atoms with Crippen LogP contribution in [0, 0.1) is 0 Å². The van der Waals surface area contributed by atoms with Gasteiger partial charge in [-0.25, -0.2) is 8.42 Å². The fourth-order valence-corrected chi connectivity index (χ4v) is 7.09. The number of hydrogen-bond donors (Lipinski definition) is 0. The van der Waals surface area contributed by atoms with Gasteiger partial charge in [0.2, 0.25) is 0 Å². The third-order valence-electron chi connectivity index (χ3n) is 5.53. The second-order valence-corrected chi connectivity index (χ2v) is 10.5. The summed E-state index contributed by atoms with van der Waals surface area (Å²) in [5, 5.41) is 0. The van der Waals surface area contributed by atoms with Gasteiger partial charge in [-0.05, 0) is 43.7 Å². The zero-order valence-corrected chi connectivity index (χ0v) is 15.5. The van der Waals surface area contributed by atoms with Crippen LogP contribution in [0.2, 0.25) is 0 Å². The number of sulfone groups is 1. The zero-order valence-electron chi connectivity index (χ0n) is 13.9. The van der Waals surface area contributed by atoms with E-state index in [1.165, 1.54) is 23.3 Å². The molecule has 1 aromatic rings. The third kappa shape index (κ3) is 3.26. The molecule has 0 bridgehead atoms. The molecule has 1 aliphatic carbocycles. The van der Waals surface area contributed by atoms with Gasteiger partial charge in [0.05, 0.1) is 16.4 Å². The SMILES string of the molecule is O=C(c1cc2c(s1)CCCC2)N1CCN([C@H]2CCS(=O)(=O)C2)CC1. The Morgan fingerprint density at radius 2 is 1.88 bits per heavy atom. The Morgan fingerprint density at radius 1 is 1.12 bits per heavy atom. The fraction of sp³-hybridized carbons (Fsp3) is 0.706. The van der Waals surface area contributed by atoms with E-state index in [1.807, 2.05) is 4.90 Å². The van der Waals surface area contributed by atoms with Crippen LogP contribution in [0.4, 0.5) is 0 Å². The van der Waals surface area contributed by atoms with Crippen molar-refractivity contribution in [2.24, 2.45) is 0 Å². The van der Waals surface area contributed by atoms with E-state index in [4.69, 9.17) is 0 Å². The van der Waals surface area contributed by atoms with E-state index in [0.29, 0.717) is 24.6 Å². The summed E-state index contributed by atoms with van der Waals surface area (Å²) < 4.78 is 23.3. The molecule has 3 aliphatic rings. The molecule has 3 heterocycles. The highest BCUT2D eigenvalue weighted by Gasteiger charge is 2.34. The molecule has 2 saturated heterocycles. The number of fused-ring (bicyclic) bond motifs is 1. The smallest absolute Gasteiger partial charge is 0.264 e. The summed E-state index contributed by atoms with van der Waals surface area (Å²) in [4.78, 5) is 19.3. The van der Waals surface area contributed by atoms with E-state index >= 15 is 0 Å². The molecule has 5 nitrogen and oxygen atoms in total. The van der Waals surface area contributed by atoms with Gasteiger partial charge in [0.1, 0.15) is 0 Å². The number of piperazine rings is 1. The average molecular weight is 369 g/mol. The lowest BCUT2D eigenvalue weighted by atomic mass is 9.99. The molecule has 132 valence electrons. The lowest BCUT2D eigenvalue weighted by Crippen LogP contribution is -2.52. The first kappa shape index (κ1) is 16.5. The lowest BCUT2D eigenvalue weighted by Gasteiger charge is -2.37. The Morgan fingerprint density at radius 3 is 2.54 bits per heavy atom. The molecule has 0 N–H and O–H groups in total. The first-order valence-corrected chi connectivity index (χ1v) is 11.5. The maximum atomic E-state index is 12.8. The van der Waals surface area contributed by atoms with Crippen molar-refractivity contribution in [1.82, 2.24) is 9.80 Å². The van der Waals surface area contributed by atoms with Gasteiger partial charge in [-0.15, -0.1) is 11.3 Å². The number of aryl methyl sites for hydroxylation is 2. The Balaban J connectivity index is 1.37. The van der Waals surface area contributed by atoms with Crippen molar-refractivity contribution in [2.45, 2.75) is 38.1 Å². The summed E-state index contributed by atoms with van der Waals surface area (Å²) >= 11 is 1.68. The standard InChI is InChI=1S/C17H24N2O3S2/c20-17(16-11-13-3-1-2-4-15(13)23-16)19-8-6-18(7-9-19)14-5-10-24(21,22)12-14/h11,14H,1-10,12H2/t14-/m0/s1. The fourth-order valence-electron chi connectivity index (χ4n) is 4.11. The second-order valence-electron chi connectivity index (χ2n) is 7.15. The van der Waals surface area contributed by atoms with Gasteiger partial charge in [0.15, 0.2) is 9.84 Å². The molecule has 0 spiro atoms. The molecule has 2 aliphatic heterocycles. The van der Waals surface area contributed by atoms with E-state index in [-0.39, 0.29) is 11.9 Å². The summed E-state index contributed by atoms with van der Waals surface area (Å²) in [5.41, 5.74) is 1.38. The van der Waals surface area contributed by atoms with Crippen molar-refractivity contribution < 1.29 is 13.2 Å². The maximum absolute atomic E-state index is 12.8. The molecule has 2 fully saturated rings. The molecule has 7 heteroatoms. The Kier molecular flexibility index (Phi) is 4.43. The van der Waals surface area contributed by atoms with Gasteiger partial charge >= 0.3 is 0 Å². The van der Waals surface area contributed by atoms with Gasteiger partial charge in [0.25, 0.3) is 5.91 Å². The van der Waals surface area contributed by atoms with Crippen LogP contribution in [-0.4, -0.2) is 67.9 Å². The van der Waals surface area contributed by atoms with E-state index in [1.54, 1.807) is 11.3 Å². The normalized spacial score (nSPS) is 27.2. The summed E-state index contributed by atoms with van der Waals surface area (Å²) in [6, 6.07) is 2.26. The minimum Gasteiger partial charge on any atom is -0.335 e. The molecular formula is C17H24N2O3S2. The van der Waals surface area contributed by atoms with Gasteiger partial charge in [0, 0.05) is 37.1 Å². The molecule has 0 saturated carbocycles. The van der Waals surface area contributed by atoms with Crippen molar-refractivity contribution in [1.29, 1.82) is 0 Å². The molecular weight excluding hydrogens is 344 g/mol. The highest BCUT2D eigenvalue weighted by Crippen LogP contribution is 2.30. The number of amides is 1. The number of nitrogens with zero attached hydrogens (tertiary/aromatic N) is 2. The summed E-state index contributed by atoms with van der Waals surface area (Å²) in [5.74, 6) is 0.768. The predicted octanol–water partition coefficient (Wildman–Crippen LogP) is 1.57. The molecule has 0 aromatic carbocycles. The first-order chi connectivity index (χ1) is 11.5. The molecule has 0 radical (unpaired) electrons. The number of hydrogen-bond acceptors (Lipinski definition) is 5. The molecule has 4 rings (SSSR count). The van der Waals surface area contributed by atoms with Crippen molar-refractivity contribution >= 4 is 27.1 Å². The topological polar surface area (TPSA) is 57.7 Å². The molecule has 0 unspecified atom stereocenters. The van der Waals surface area contributed by atoms with Crippen LogP contribution in [-0.2, 0) is 22.7 Å². The van der Waals surface area contributed by atoms with E-state index < -0.39 is 9.84 Å². The van der Waals surface area contributed by atoms with Gasteiger partial charge in [-0.2, -0.15) is 0 Å². The molecule has 1 atom stereocenters. The van der Waals surface area contributed by atoms with Gasteiger partial charge in [-0.1, -0.05) is 0 Å². The van der Waals surface area contributed by atoms with Crippen LogP contribution >= 0.6 is 11.3 Å². The maximum Gasteiger partial charge on any atom is 0.264 e. The van der Waals surface area contributed by atoms with Crippen molar-refractivity contribution in [3.05, 3.63) is 21.4 Å². The summed E-state index contributed by atoms with van der Waals surface area (Å²) in [6.45, 7) is 2.99. The highest BCUT2D eigenvalue weighted by atomic mass is 32.2. The minimum atomic E-state index is -2.84. The second kappa shape index (κ2) is 6.42. The van der Waals surface area contributed by atoms with Crippen molar-refractivity contribution in [3.8, 4) is 0 Å². The van der Waals surface area contributed by atoms with Crippen molar-refractivity contribution in [2.75, 3.05) is 37.7 Å². The number of thiophene rings is 1. The van der Waals surface area contributed by atoms with Crippen molar-refractivity contribution in [3.63, 3.8) is 0 Å². The zero-order chi connectivity index (χ0) is 16.7. The monoisotopic (exact) mass is 368 g/mol. The van der Waals surface area contributed by atoms with E-state index in [9.17, 15) is 13.2 Å². The van der Waals surface area contributed by atoms with Gasteiger partial charge in [-0.3, -0.25) is 9.69 Å².